The second-order valence-electron chi connectivity index (χ2n) is 4.97. The summed E-state index contributed by atoms with van der Waals surface area (Å²) in [5.41, 5.74) is -2.77. The molecule has 2 atom stereocenters. The number of rotatable bonds is 3. The van der Waals surface area contributed by atoms with E-state index in [1.54, 1.807) is 6.07 Å². The number of halogens is 4. The monoisotopic (exact) mass is 310 g/mol. The van der Waals surface area contributed by atoms with Crippen molar-refractivity contribution in [3.63, 3.8) is 0 Å². The molecule has 0 unspecified atom stereocenters. The Balaban J connectivity index is 1.96. The second-order valence-corrected chi connectivity index (χ2v) is 4.97. The van der Waals surface area contributed by atoms with Gasteiger partial charge in [-0.3, -0.25) is 4.79 Å². The number of benzene rings is 2. The third kappa shape index (κ3) is 2.20. The Morgan fingerprint density at radius 3 is 2.14 bits per heavy atom. The zero-order chi connectivity index (χ0) is 16.0. The van der Waals surface area contributed by atoms with Crippen LogP contribution in [0.4, 0.5) is 17.6 Å². The van der Waals surface area contributed by atoms with E-state index in [0.29, 0.717) is 0 Å². The van der Waals surface area contributed by atoms with Gasteiger partial charge in [0.25, 0.3) is 0 Å². The summed E-state index contributed by atoms with van der Waals surface area (Å²) in [6, 6.07) is 11.3. The van der Waals surface area contributed by atoms with Gasteiger partial charge in [-0.05, 0) is 29.8 Å². The highest BCUT2D eigenvalue weighted by atomic mass is 19.4. The van der Waals surface area contributed by atoms with Crippen LogP contribution in [0.5, 0.6) is 0 Å². The van der Waals surface area contributed by atoms with Crippen molar-refractivity contribution in [1.82, 2.24) is 0 Å². The third-order valence-electron chi connectivity index (χ3n) is 3.61. The molecule has 0 spiro atoms. The highest BCUT2D eigenvalue weighted by Crippen LogP contribution is 2.58. The Hall–Kier alpha value is -2.21. The maximum absolute atomic E-state index is 13.4. The Morgan fingerprint density at radius 1 is 1.00 bits per heavy atom. The first kappa shape index (κ1) is 14.7. The van der Waals surface area contributed by atoms with E-state index >= 15 is 0 Å². The summed E-state index contributed by atoms with van der Waals surface area (Å²) < 4.78 is 58.0. The summed E-state index contributed by atoms with van der Waals surface area (Å²) in [6.07, 6.45) is -6.38. The van der Waals surface area contributed by atoms with Gasteiger partial charge in [-0.25, -0.2) is 4.39 Å². The van der Waals surface area contributed by atoms with Gasteiger partial charge in [-0.2, -0.15) is 13.2 Å². The van der Waals surface area contributed by atoms with Crippen LogP contribution in [0.25, 0.3) is 0 Å². The van der Waals surface area contributed by atoms with Crippen LogP contribution in [0.15, 0.2) is 54.6 Å². The van der Waals surface area contributed by atoms with Gasteiger partial charge in [0.1, 0.15) is 5.82 Å². The number of Topliss-reactive ketones (excluding diaryl/α,β-unsaturated/α-hetero) is 1. The molecule has 1 aliphatic rings. The topological polar surface area (TPSA) is 29.6 Å². The Morgan fingerprint density at radius 2 is 1.59 bits per heavy atom. The fraction of sp³-hybridized carbons (Fsp3) is 0.188. The first-order chi connectivity index (χ1) is 10.4. The second kappa shape index (κ2) is 4.91. The number of epoxide rings is 1. The summed E-state index contributed by atoms with van der Waals surface area (Å²) in [5, 5.41) is 0. The van der Waals surface area contributed by atoms with Crippen LogP contribution in [-0.4, -0.2) is 18.1 Å². The molecule has 1 fully saturated rings. The van der Waals surface area contributed by atoms with Crippen LogP contribution in [0.1, 0.15) is 15.9 Å². The normalized spacial score (nSPS) is 24.1. The van der Waals surface area contributed by atoms with E-state index in [9.17, 15) is 22.4 Å². The van der Waals surface area contributed by atoms with Crippen molar-refractivity contribution in [1.29, 1.82) is 0 Å². The molecule has 1 saturated heterocycles. The van der Waals surface area contributed by atoms with Gasteiger partial charge in [0.05, 0.1) is 0 Å². The van der Waals surface area contributed by atoms with E-state index in [1.165, 1.54) is 24.3 Å². The number of carbonyl (C=O) groups excluding carboxylic acids is 1. The molecule has 114 valence electrons. The van der Waals surface area contributed by atoms with Crippen molar-refractivity contribution in [2.75, 3.05) is 0 Å². The fourth-order valence-electron chi connectivity index (χ4n) is 2.44. The highest BCUT2D eigenvalue weighted by Gasteiger charge is 2.76. The molecule has 0 saturated carbocycles. The number of ether oxygens (including phenoxy) is 1. The summed E-state index contributed by atoms with van der Waals surface area (Å²) >= 11 is 0. The van der Waals surface area contributed by atoms with E-state index in [0.717, 1.165) is 24.3 Å². The van der Waals surface area contributed by atoms with Gasteiger partial charge in [0.2, 0.25) is 5.60 Å². The van der Waals surface area contributed by atoms with Crippen molar-refractivity contribution in [3.8, 4) is 0 Å². The van der Waals surface area contributed by atoms with E-state index in [4.69, 9.17) is 4.74 Å². The number of alkyl halides is 3. The molecular formula is C16H10F4O2. The third-order valence-corrected chi connectivity index (χ3v) is 3.61. The lowest BCUT2D eigenvalue weighted by Crippen LogP contribution is -2.35. The summed E-state index contributed by atoms with van der Waals surface area (Å²) in [5.74, 6) is -1.39. The van der Waals surface area contributed by atoms with Gasteiger partial charge in [-0.1, -0.05) is 30.3 Å². The van der Waals surface area contributed by atoms with Gasteiger partial charge in [-0.15, -0.1) is 0 Å². The number of carbonyl (C=O) groups is 1. The molecule has 1 heterocycles. The number of hydrogen-bond acceptors (Lipinski definition) is 2. The maximum Gasteiger partial charge on any atom is 0.424 e. The smallest absolute Gasteiger partial charge is 0.343 e. The average molecular weight is 310 g/mol. The molecule has 0 aliphatic carbocycles. The Kier molecular flexibility index (Phi) is 3.29. The molecule has 1 aliphatic heterocycles. The molecule has 0 bridgehead atoms. The standard InChI is InChI=1S/C16H10F4O2/c17-12-8-6-10(7-9-12)13(21)14-15(22-14,16(18,19)20)11-4-2-1-3-5-11/h1-9,14H/t14-,15+/m1/s1. The molecular weight excluding hydrogens is 300 g/mol. The lowest BCUT2D eigenvalue weighted by molar-refractivity contribution is -0.187. The lowest BCUT2D eigenvalue weighted by Gasteiger charge is -2.17. The van der Waals surface area contributed by atoms with Crippen LogP contribution < -0.4 is 0 Å². The zero-order valence-corrected chi connectivity index (χ0v) is 11.1. The molecule has 0 N–H and O–H groups in total. The summed E-state index contributed by atoms with van der Waals surface area (Å²) in [4.78, 5) is 12.2. The minimum atomic E-state index is -4.73. The molecule has 2 nitrogen and oxygen atoms in total. The van der Waals surface area contributed by atoms with Crippen LogP contribution in [0.3, 0.4) is 0 Å². The van der Waals surface area contributed by atoms with Crippen molar-refractivity contribution in [3.05, 3.63) is 71.5 Å². The predicted molar refractivity (Wildman–Crippen MR) is 69.8 cm³/mol. The quantitative estimate of drug-likeness (QED) is 0.489. The Bertz CT molecular complexity index is 694. The van der Waals surface area contributed by atoms with Gasteiger partial charge < -0.3 is 4.74 Å². The van der Waals surface area contributed by atoms with Crippen LogP contribution in [-0.2, 0) is 10.3 Å². The van der Waals surface area contributed by atoms with Gasteiger partial charge in [0.15, 0.2) is 11.9 Å². The van der Waals surface area contributed by atoms with Gasteiger partial charge >= 0.3 is 6.18 Å². The van der Waals surface area contributed by atoms with E-state index < -0.39 is 29.5 Å². The Labute approximate surface area is 123 Å². The summed E-state index contributed by atoms with van der Waals surface area (Å²) in [6.45, 7) is 0. The first-order valence-electron chi connectivity index (χ1n) is 6.46. The van der Waals surface area contributed by atoms with Crippen molar-refractivity contribution in [2.45, 2.75) is 17.9 Å². The number of hydrogen-bond donors (Lipinski definition) is 0. The average Bonchev–Trinajstić information content (AvgIpc) is 3.25. The van der Waals surface area contributed by atoms with Crippen molar-refractivity contribution >= 4 is 5.78 Å². The van der Waals surface area contributed by atoms with Crippen LogP contribution in [0, 0.1) is 5.82 Å². The van der Waals surface area contributed by atoms with E-state index in [-0.39, 0.29) is 11.1 Å². The van der Waals surface area contributed by atoms with Crippen LogP contribution in [0.2, 0.25) is 0 Å². The maximum atomic E-state index is 13.4. The van der Waals surface area contributed by atoms with E-state index in [2.05, 4.69) is 0 Å². The molecule has 2 aromatic rings. The zero-order valence-electron chi connectivity index (χ0n) is 11.1. The molecule has 3 rings (SSSR count). The molecule has 0 aromatic heterocycles. The van der Waals surface area contributed by atoms with Gasteiger partial charge in [0, 0.05) is 5.56 Å². The van der Waals surface area contributed by atoms with E-state index in [1.807, 2.05) is 0 Å². The molecule has 22 heavy (non-hydrogen) atoms. The molecule has 2 aromatic carbocycles. The van der Waals surface area contributed by atoms with Crippen LogP contribution >= 0.6 is 0 Å². The van der Waals surface area contributed by atoms with Crippen molar-refractivity contribution in [2.24, 2.45) is 0 Å². The largest absolute Gasteiger partial charge is 0.424 e. The SMILES string of the molecule is O=C(c1ccc(F)cc1)[C@H]1O[C@]1(c1ccccc1)C(F)(F)F. The minimum Gasteiger partial charge on any atom is -0.343 e. The number of ketones is 1. The minimum absolute atomic E-state index is 0.0199. The van der Waals surface area contributed by atoms with Crippen molar-refractivity contribution < 1.29 is 27.1 Å². The molecule has 0 radical (unpaired) electrons. The lowest BCUT2D eigenvalue weighted by atomic mass is 9.91. The molecule has 0 amide bonds. The predicted octanol–water partition coefficient (Wildman–Crippen LogP) is 3.87. The fourth-order valence-corrected chi connectivity index (χ4v) is 2.44. The molecule has 6 heteroatoms. The summed E-state index contributed by atoms with van der Waals surface area (Å²) in [7, 11) is 0. The first-order valence-corrected chi connectivity index (χ1v) is 6.46. The highest BCUT2D eigenvalue weighted by molar-refractivity contribution is 6.02.